The zero-order valence-corrected chi connectivity index (χ0v) is 8.92. The minimum absolute atomic E-state index is 0.392. The first kappa shape index (κ1) is 10.4. The highest BCUT2D eigenvalue weighted by Crippen LogP contribution is 2.19. The van der Waals surface area contributed by atoms with Gasteiger partial charge in [-0.05, 0) is 24.1 Å². The summed E-state index contributed by atoms with van der Waals surface area (Å²) in [6.45, 7) is 2.05. The smallest absolute Gasteiger partial charge is 0.168 e. The molecule has 0 saturated heterocycles. The number of nitrogens with zero attached hydrogens (tertiary/aromatic N) is 3. The minimum Gasteiger partial charge on any atom is -0.296 e. The van der Waals surface area contributed by atoms with Crippen LogP contribution in [-0.4, -0.2) is 21.2 Å². The molecule has 0 radical (unpaired) electrons. The van der Waals surface area contributed by atoms with Crippen molar-refractivity contribution in [3.63, 3.8) is 0 Å². The second kappa shape index (κ2) is 4.61. The average molecular weight is 213 g/mol. The molecule has 2 aromatic heterocycles. The Bertz CT molecular complexity index is 511. The third-order valence-corrected chi connectivity index (χ3v) is 2.32. The van der Waals surface area contributed by atoms with E-state index in [9.17, 15) is 4.79 Å². The standard InChI is InChI=1S/C12H11N3O/c1-2-9-7-13-5-4-11(9)12-14-6-3-10(8-16)15-12/h3-8H,2H2,1H3. The van der Waals surface area contributed by atoms with E-state index in [-0.39, 0.29) is 0 Å². The molecule has 4 nitrogen and oxygen atoms in total. The van der Waals surface area contributed by atoms with Gasteiger partial charge in [-0.15, -0.1) is 0 Å². The fourth-order valence-corrected chi connectivity index (χ4v) is 1.50. The van der Waals surface area contributed by atoms with Gasteiger partial charge in [0.25, 0.3) is 0 Å². The van der Waals surface area contributed by atoms with E-state index in [1.54, 1.807) is 24.7 Å². The largest absolute Gasteiger partial charge is 0.296 e. The highest BCUT2D eigenvalue weighted by Gasteiger charge is 2.06. The molecule has 0 N–H and O–H groups in total. The van der Waals surface area contributed by atoms with Crippen molar-refractivity contribution in [2.24, 2.45) is 0 Å². The van der Waals surface area contributed by atoms with E-state index in [1.807, 2.05) is 13.0 Å². The minimum atomic E-state index is 0.392. The summed E-state index contributed by atoms with van der Waals surface area (Å²) in [5.41, 5.74) is 2.40. The van der Waals surface area contributed by atoms with E-state index < -0.39 is 0 Å². The van der Waals surface area contributed by atoms with Gasteiger partial charge in [0.05, 0.1) is 0 Å². The Balaban J connectivity index is 2.53. The summed E-state index contributed by atoms with van der Waals surface area (Å²) in [4.78, 5) is 23.0. The Morgan fingerprint density at radius 1 is 1.31 bits per heavy atom. The van der Waals surface area contributed by atoms with Crippen molar-refractivity contribution in [2.75, 3.05) is 0 Å². The van der Waals surface area contributed by atoms with Gasteiger partial charge in [-0.2, -0.15) is 0 Å². The molecule has 0 amide bonds. The first-order valence-electron chi connectivity index (χ1n) is 5.06. The van der Waals surface area contributed by atoms with Crippen LogP contribution in [0.5, 0.6) is 0 Å². The average Bonchev–Trinajstić information content (AvgIpc) is 2.38. The summed E-state index contributed by atoms with van der Waals surface area (Å²) in [6.07, 6.45) is 6.67. The number of carbonyl (C=O) groups excluding carboxylic acids is 1. The highest BCUT2D eigenvalue weighted by molar-refractivity contribution is 5.73. The van der Waals surface area contributed by atoms with Gasteiger partial charge in [-0.3, -0.25) is 9.78 Å². The summed E-state index contributed by atoms with van der Waals surface area (Å²) < 4.78 is 0. The first-order chi connectivity index (χ1) is 7.85. The molecular formula is C12H11N3O. The second-order valence-electron chi connectivity index (χ2n) is 3.31. The first-order valence-corrected chi connectivity index (χ1v) is 5.06. The number of hydrogen-bond acceptors (Lipinski definition) is 4. The van der Waals surface area contributed by atoms with Crippen molar-refractivity contribution < 1.29 is 4.79 Å². The van der Waals surface area contributed by atoms with Crippen molar-refractivity contribution in [3.05, 3.63) is 42.0 Å². The van der Waals surface area contributed by atoms with Crippen molar-refractivity contribution in [1.29, 1.82) is 0 Å². The van der Waals surface area contributed by atoms with Crippen LogP contribution < -0.4 is 0 Å². The number of aldehydes is 1. The number of hydrogen-bond donors (Lipinski definition) is 0. The molecule has 0 aliphatic rings. The van der Waals surface area contributed by atoms with Crippen molar-refractivity contribution in [2.45, 2.75) is 13.3 Å². The van der Waals surface area contributed by atoms with Crippen molar-refractivity contribution in [3.8, 4) is 11.4 Å². The van der Waals surface area contributed by atoms with Crippen LogP contribution in [0.25, 0.3) is 11.4 Å². The van der Waals surface area contributed by atoms with E-state index in [4.69, 9.17) is 0 Å². The molecule has 0 atom stereocenters. The molecule has 0 fully saturated rings. The van der Waals surface area contributed by atoms with Crippen LogP contribution in [0.4, 0.5) is 0 Å². The third-order valence-electron chi connectivity index (χ3n) is 2.32. The highest BCUT2D eigenvalue weighted by atomic mass is 16.1. The topological polar surface area (TPSA) is 55.7 Å². The normalized spacial score (nSPS) is 10.1. The van der Waals surface area contributed by atoms with Crippen molar-refractivity contribution >= 4 is 6.29 Å². The molecule has 16 heavy (non-hydrogen) atoms. The molecule has 0 saturated carbocycles. The molecule has 2 heterocycles. The summed E-state index contributed by atoms with van der Waals surface area (Å²) in [7, 11) is 0. The summed E-state index contributed by atoms with van der Waals surface area (Å²) in [5.74, 6) is 0.573. The quantitative estimate of drug-likeness (QED) is 0.731. The molecule has 2 rings (SSSR count). The lowest BCUT2D eigenvalue weighted by molar-refractivity contribution is 0.111. The number of rotatable bonds is 3. The molecule has 0 aromatic carbocycles. The molecule has 0 bridgehead atoms. The van der Waals surface area contributed by atoms with Crippen molar-refractivity contribution in [1.82, 2.24) is 15.0 Å². The molecule has 0 unspecified atom stereocenters. The maximum atomic E-state index is 10.6. The lowest BCUT2D eigenvalue weighted by Gasteiger charge is -2.05. The van der Waals surface area contributed by atoms with Crippen LogP contribution in [0.3, 0.4) is 0 Å². The maximum absolute atomic E-state index is 10.6. The zero-order chi connectivity index (χ0) is 11.4. The van der Waals surface area contributed by atoms with Crippen LogP contribution in [0, 0.1) is 0 Å². The Morgan fingerprint density at radius 3 is 2.94 bits per heavy atom. The Kier molecular flexibility index (Phi) is 3.00. The summed E-state index contributed by atoms with van der Waals surface area (Å²) in [6, 6.07) is 3.45. The third kappa shape index (κ3) is 1.95. The molecule has 0 aliphatic carbocycles. The van der Waals surface area contributed by atoms with E-state index >= 15 is 0 Å². The van der Waals surface area contributed by atoms with Gasteiger partial charge in [0.15, 0.2) is 12.1 Å². The Morgan fingerprint density at radius 2 is 2.19 bits per heavy atom. The molecule has 4 heteroatoms. The van der Waals surface area contributed by atoms with Crippen LogP contribution in [-0.2, 0) is 6.42 Å². The molecule has 0 aliphatic heterocycles. The number of aryl methyl sites for hydroxylation is 1. The van der Waals surface area contributed by atoms with Crippen LogP contribution in [0.2, 0.25) is 0 Å². The monoisotopic (exact) mass is 213 g/mol. The number of aromatic nitrogens is 3. The van der Waals surface area contributed by atoms with Gasteiger partial charge >= 0.3 is 0 Å². The number of pyridine rings is 1. The fraction of sp³-hybridized carbons (Fsp3) is 0.167. The molecule has 2 aromatic rings. The predicted octanol–water partition coefficient (Wildman–Crippen LogP) is 1.91. The maximum Gasteiger partial charge on any atom is 0.168 e. The van der Waals surface area contributed by atoms with Gasteiger partial charge < -0.3 is 0 Å². The van der Waals surface area contributed by atoms with Crippen LogP contribution >= 0.6 is 0 Å². The number of carbonyl (C=O) groups is 1. The van der Waals surface area contributed by atoms with Gasteiger partial charge in [0.2, 0.25) is 0 Å². The zero-order valence-electron chi connectivity index (χ0n) is 8.92. The summed E-state index contributed by atoms with van der Waals surface area (Å²) in [5, 5.41) is 0. The lowest BCUT2D eigenvalue weighted by atomic mass is 10.1. The molecular weight excluding hydrogens is 202 g/mol. The summed E-state index contributed by atoms with van der Waals surface area (Å²) >= 11 is 0. The second-order valence-corrected chi connectivity index (χ2v) is 3.31. The van der Waals surface area contributed by atoms with Gasteiger partial charge in [0, 0.05) is 24.2 Å². The van der Waals surface area contributed by atoms with E-state index in [2.05, 4.69) is 15.0 Å². The van der Waals surface area contributed by atoms with Crippen LogP contribution in [0.1, 0.15) is 23.0 Å². The van der Waals surface area contributed by atoms with E-state index in [0.29, 0.717) is 11.5 Å². The van der Waals surface area contributed by atoms with Gasteiger partial charge in [-0.1, -0.05) is 6.92 Å². The van der Waals surface area contributed by atoms with Gasteiger partial charge in [0.1, 0.15) is 5.69 Å². The fourth-order valence-electron chi connectivity index (χ4n) is 1.50. The predicted molar refractivity (Wildman–Crippen MR) is 60.0 cm³/mol. The lowest BCUT2D eigenvalue weighted by Crippen LogP contribution is -1.96. The Labute approximate surface area is 93.4 Å². The molecule has 80 valence electrons. The van der Waals surface area contributed by atoms with E-state index in [1.165, 1.54) is 0 Å². The van der Waals surface area contributed by atoms with Gasteiger partial charge in [-0.25, -0.2) is 9.97 Å². The van der Waals surface area contributed by atoms with Crippen LogP contribution in [0.15, 0.2) is 30.7 Å². The Hall–Kier alpha value is -2.10. The SMILES string of the molecule is CCc1cnccc1-c1nccc(C=O)n1. The van der Waals surface area contributed by atoms with E-state index in [0.717, 1.165) is 23.8 Å². The molecule has 0 spiro atoms.